The Morgan fingerprint density at radius 3 is 2.06 bits per heavy atom. The lowest BCUT2D eigenvalue weighted by Crippen LogP contribution is -2.34. The SMILES string of the molecule is CCCCC(CC)CN(CC(CC)CCCC)c1nc(-c2ccccc2)c(N=C2C(CC)=C(C#N)C(=O)n3nc(Cc4ccccc4)nc32)s1. The van der Waals surface area contributed by atoms with Crippen LogP contribution in [0.4, 0.5) is 10.1 Å². The summed E-state index contributed by atoms with van der Waals surface area (Å²) in [5, 5.41) is 16.5. The third kappa shape index (κ3) is 8.65. The van der Waals surface area contributed by atoms with Gasteiger partial charge in [-0.25, -0.2) is 15.0 Å². The van der Waals surface area contributed by atoms with Crippen molar-refractivity contribution in [3.63, 3.8) is 0 Å². The summed E-state index contributed by atoms with van der Waals surface area (Å²) in [5.41, 5.74) is 3.98. The Labute approximate surface area is 302 Å². The largest absolute Gasteiger partial charge is 0.347 e. The number of anilines is 1. The first kappa shape index (κ1) is 36.9. The highest BCUT2D eigenvalue weighted by molar-refractivity contribution is 7.19. The van der Waals surface area contributed by atoms with Gasteiger partial charge in [0.25, 0.3) is 5.91 Å². The molecule has 0 bridgehead atoms. The number of allylic oxidation sites excluding steroid dienone is 2. The Morgan fingerprint density at radius 1 is 0.880 bits per heavy atom. The van der Waals surface area contributed by atoms with Crippen LogP contribution in [0.5, 0.6) is 0 Å². The van der Waals surface area contributed by atoms with Crippen molar-refractivity contribution in [1.82, 2.24) is 19.7 Å². The molecule has 9 heteroatoms. The van der Waals surface area contributed by atoms with E-state index in [9.17, 15) is 10.1 Å². The van der Waals surface area contributed by atoms with E-state index in [-0.39, 0.29) is 5.57 Å². The molecular formula is C41H51N7OS. The molecule has 0 radical (unpaired) electrons. The highest BCUT2D eigenvalue weighted by atomic mass is 32.1. The summed E-state index contributed by atoms with van der Waals surface area (Å²) in [6, 6.07) is 22.3. The molecule has 2 atom stereocenters. The van der Waals surface area contributed by atoms with Crippen LogP contribution in [0, 0.1) is 23.2 Å². The summed E-state index contributed by atoms with van der Waals surface area (Å²) in [7, 11) is 0. The third-order valence-corrected chi connectivity index (χ3v) is 10.7. The summed E-state index contributed by atoms with van der Waals surface area (Å²) in [5.74, 6) is 1.59. The molecule has 0 saturated heterocycles. The zero-order valence-electron chi connectivity index (χ0n) is 30.4. The maximum atomic E-state index is 13.6. The summed E-state index contributed by atoms with van der Waals surface area (Å²) >= 11 is 1.59. The average molecular weight is 690 g/mol. The van der Waals surface area contributed by atoms with Crippen LogP contribution < -0.4 is 4.90 Å². The molecule has 1 aliphatic heterocycles. The number of carbonyl (C=O) groups excluding carboxylic acids is 1. The summed E-state index contributed by atoms with van der Waals surface area (Å²) in [6.07, 6.45) is 10.4. The van der Waals surface area contributed by atoms with Crippen LogP contribution in [0.3, 0.4) is 0 Å². The number of hydrogen-bond donors (Lipinski definition) is 0. The normalized spacial score (nSPS) is 14.9. The first-order valence-electron chi connectivity index (χ1n) is 18.5. The minimum atomic E-state index is -0.458. The quantitative estimate of drug-likeness (QED) is 0.103. The van der Waals surface area contributed by atoms with Crippen LogP contribution in [0.1, 0.15) is 114 Å². The minimum Gasteiger partial charge on any atom is -0.347 e. The molecule has 0 amide bonds. The smallest absolute Gasteiger partial charge is 0.291 e. The van der Waals surface area contributed by atoms with E-state index in [0.29, 0.717) is 47.6 Å². The second kappa shape index (κ2) is 18.0. The van der Waals surface area contributed by atoms with Gasteiger partial charge in [0.15, 0.2) is 16.8 Å². The molecule has 1 aliphatic rings. The lowest BCUT2D eigenvalue weighted by molar-refractivity contribution is 0.0941. The van der Waals surface area contributed by atoms with E-state index in [1.807, 2.05) is 55.5 Å². The van der Waals surface area contributed by atoms with Gasteiger partial charge in [-0.1, -0.05) is 145 Å². The van der Waals surface area contributed by atoms with E-state index in [2.05, 4.69) is 55.9 Å². The molecule has 2 unspecified atom stereocenters. The fraction of sp³-hybridized carbons (Fsp3) is 0.463. The fourth-order valence-corrected chi connectivity index (χ4v) is 7.64. The molecule has 3 heterocycles. The molecule has 2 aromatic carbocycles. The number of hydrogen-bond acceptors (Lipinski definition) is 8. The predicted molar refractivity (Wildman–Crippen MR) is 205 cm³/mol. The highest BCUT2D eigenvalue weighted by Gasteiger charge is 2.34. The van der Waals surface area contributed by atoms with E-state index in [1.54, 1.807) is 11.3 Å². The predicted octanol–water partition coefficient (Wildman–Crippen LogP) is 10.2. The molecular weight excluding hydrogens is 639 g/mol. The number of benzene rings is 2. The van der Waals surface area contributed by atoms with E-state index < -0.39 is 5.91 Å². The lowest BCUT2D eigenvalue weighted by Gasteiger charge is -2.30. The number of fused-ring (bicyclic) bond motifs is 1. The number of aromatic nitrogens is 4. The summed E-state index contributed by atoms with van der Waals surface area (Å²) < 4.78 is 1.27. The van der Waals surface area contributed by atoms with Gasteiger partial charge < -0.3 is 4.90 Å². The number of aliphatic imine (C=N–C) groups is 1. The molecule has 0 saturated carbocycles. The van der Waals surface area contributed by atoms with Gasteiger partial charge in [0, 0.05) is 30.6 Å². The van der Waals surface area contributed by atoms with Gasteiger partial charge >= 0.3 is 0 Å². The Kier molecular flexibility index (Phi) is 13.3. The standard InChI is InChI=1S/C41H51N7OS/c1-6-11-19-29(8-3)27-47(28-30(9-4)20-12-7-2)41-45-36(32-23-17-14-18-24-32)39(50-41)44-37-33(10-5)34(26-42)40(49)48-38(37)43-35(46-48)25-31-21-15-13-16-22-31/h13-18,21-24,29-30H,6-12,19-20,25,27-28H2,1-5H3. The van der Waals surface area contributed by atoms with Crippen LogP contribution in [0.15, 0.2) is 76.8 Å². The third-order valence-electron chi connectivity index (χ3n) is 9.70. The van der Waals surface area contributed by atoms with Gasteiger partial charge in [0.05, 0.1) is 0 Å². The van der Waals surface area contributed by atoms with Crippen LogP contribution in [-0.2, 0) is 6.42 Å². The zero-order chi connectivity index (χ0) is 35.5. The first-order valence-corrected chi connectivity index (χ1v) is 19.3. The van der Waals surface area contributed by atoms with Crippen LogP contribution in [0.2, 0.25) is 0 Å². The van der Waals surface area contributed by atoms with Crippen molar-refractivity contribution in [2.45, 2.75) is 98.8 Å². The lowest BCUT2D eigenvalue weighted by atomic mass is 9.96. The summed E-state index contributed by atoms with van der Waals surface area (Å²) in [6.45, 7) is 13.0. The Morgan fingerprint density at radius 2 is 1.50 bits per heavy atom. The molecule has 0 N–H and O–H groups in total. The maximum Gasteiger partial charge on any atom is 0.291 e. The monoisotopic (exact) mass is 689 g/mol. The van der Waals surface area contributed by atoms with Gasteiger partial charge in [-0.3, -0.25) is 4.79 Å². The molecule has 0 fully saturated rings. The van der Waals surface area contributed by atoms with Gasteiger partial charge in [0.1, 0.15) is 28.0 Å². The van der Waals surface area contributed by atoms with E-state index in [0.717, 1.165) is 52.9 Å². The molecule has 2 aromatic heterocycles. The van der Waals surface area contributed by atoms with Crippen LogP contribution in [-0.4, -0.2) is 44.5 Å². The zero-order valence-corrected chi connectivity index (χ0v) is 31.2. The molecule has 262 valence electrons. The molecule has 4 aromatic rings. The Hall–Kier alpha value is -4.42. The van der Waals surface area contributed by atoms with Crippen LogP contribution >= 0.6 is 11.3 Å². The molecule has 0 aliphatic carbocycles. The topological polar surface area (TPSA) is 100 Å². The Balaban J connectivity index is 1.65. The molecule has 50 heavy (non-hydrogen) atoms. The molecule has 8 nitrogen and oxygen atoms in total. The fourth-order valence-electron chi connectivity index (χ4n) is 6.65. The first-order chi connectivity index (χ1) is 24.4. The molecule has 0 spiro atoms. The number of nitriles is 1. The second-order valence-corrected chi connectivity index (χ2v) is 14.2. The number of rotatable bonds is 18. The number of thiazole rings is 1. The van der Waals surface area contributed by atoms with Gasteiger partial charge in [-0.05, 0) is 36.7 Å². The van der Waals surface area contributed by atoms with Crippen molar-refractivity contribution in [3.8, 4) is 17.3 Å². The second-order valence-electron chi connectivity index (χ2n) is 13.3. The van der Waals surface area contributed by atoms with Crippen molar-refractivity contribution in [3.05, 3.63) is 89.0 Å². The van der Waals surface area contributed by atoms with E-state index in [1.165, 1.54) is 43.2 Å². The van der Waals surface area contributed by atoms with Crippen molar-refractivity contribution < 1.29 is 4.79 Å². The van der Waals surface area contributed by atoms with Crippen molar-refractivity contribution in [2.75, 3.05) is 18.0 Å². The average Bonchev–Trinajstić information content (AvgIpc) is 3.77. The van der Waals surface area contributed by atoms with Crippen molar-refractivity contribution in [1.29, 1.82) is 5.26 Å². The van der Waals surface area contributed by atoms with Gasteiger partial charge in [-0.2, -0.15) is 9.94 Å². The summed E-state index contributed by atoms with van der Waals surface area (Å²) in [4.78, 5) is 31.6. The van der Waals surface area contributed by atoms with Gasteiger partial charge in [-0.15, -0.1) is 5.10 Å². The van der Waals surface area contributed by atoms with Gasteiger partial charge in [0.2, 0.25) is 0 Å². The Bertz CT molecular complexity index is 1800. The van der Waals surface area contributed by atoms with E-state index >= 15 is 0 Å². The highest BCUT2D eigenvalue weighted by Crippen LogP contribution is 2.42. The van der Waals surface area contributed by atoms with E-state index in [4.69, 9.17) is 15.0 Å². The van der Waals surface area contributed by atoms with Crippen LogP contribution in [0.25, 0.3) is 11.3 Å². The van der Waals surface area contributed by atoms with Crippen molar-refractivity contribution >= 4 is 33.1 Å². The number of unbranched alkanes of at least 4 members (excludes halogenated alkanes) is 2. The van der Waals surface area contributed by atoms with Crippen molar-refractivity contribution in [2.24, 2.45) is 16.8 Å². The minimum absolute atomic E-state index is 0.0611. The maximum absolute atomic E-state index is 13.6. The number of carbonyl (C=O) groups is 1. The number of nitrogens with zero attached hydrogens (tertiary/aromatic N) is 7. The molecule has 5 rings (SSSR count).